The Balaban J connectivity index is 2.10. The summed E-state index contributed by atoms with van der Waals surface area (Å²) in [5.74, 6) is 0. The molecule has 0 aliphatic rings. The third-order valence-electron chi connectivity index (χ3n) is 3.06. The number of hydrogen-bond donors (Lipinski definition) is 0. The maximum Gasteiger partial charge on any atom is 0.297 e. The lowest BCUT2D eigenvalue weighted by molar-refractivity contribution is 0.0953. The van der Waals surface area contributed by atoms with Gasteiger partial charge in [0.25, 0.3) is 10.1 Å². The first-order valence-electron chi connectivity index (χ1n) is 7.68. The average molecular weight is 330 g/mol. The molecule has 0 fully saturated rings. The predicted molar refractivity (Wildman–Crippen MR) is 85.5 cm³/mol. The minimum atomic E-state index is -3.68. The van der Waals surface area contributed by atoms with Crippen molar-refractivity contribution in [2.24, 2.45) is 0 Å². The molecule has 0 radical (unpaired) electrons. The van der Waals surface area contributed by atoms with Crippen molar-refractivity contribution in [1.82, 2.24) is 0 Å². The molecule has 0 spiro atoms. The van der Waals surface area contributed by atoms with E-state index in [2.05, 4.69) is 0 Å². The lowest BCUT2D eigenvalue weighted by Gasteiger charge is -2.07. The average Bonchev–Trinajstić information content (AvgIpc) is 2.49. The molecule has 0 amide bonds. The molecule has 5 nitrogen and oxygen atoms in total. The molecule has 0 atom stereocenters. The number of aryl methyl sites for hydroxylation is 1. The van der Waals surface area contributed by atoms with E-state index in [0.717, 1.165) is 38.0 Å². The Labute approximate surface area is 133 Å². The van der Waals surface area contributed by atoms with Gasteiger partial charge < -0.3 is 9.47 Å². The van der Waals surface area contributed by atoms with Crippen molar-refractivity contribution in [3.63, 3.8) is 0 Å². The van der Waals surface area contributed by atoms with Crippen LogP contribution in [0.4, 0.5) is 0 Å². The Morgan fingerprint density at radius 3 is 2.14 bits per heavy atom. The van der Waals surface area contributed by atoms with E-state index in [0.29, 0.717) is 6.61 Å². The molecule has 1 aromatic carbocycles. The molecule has 0 aliphatic carbocycles. The molecule has 22 heavy (non-hydrogen) atoms. The largest absolute Gasteiger partial charge is 0.382 e. The van der Waals surface area contributed by atoms with Gasteiger partial charge in [-0.3, -0.25) is 4.18 Å². The third kappa shape index (κ3) is 7.89. The van der Waals surface area contributed by atoms with Crippen LogP contribution in [0.15, 0.2) is 29.2 Å². The fourth-order valence-corrected chi connectivity index (χ4v) is 2.70. The highest BCUT2D eigenvalue weighted by molar-refractivity contribution is 7.86. The summed E-state index contributed by atoms with van der Waals surface area (Å²) in [5.41, 5.74) is 1.01. The SMILES string of the molecule is CCOCCCCCOCCOS(=O)(=O)c1ccc(C)cc1. The highest BCUT2D eigenvalue weighted by Crippen LogP contribution is 2.12. The minimum absolute atomic E-state index is 0.0369. The molecular formula is C16H26O5S. The van der Waals surface area contributed by atoms with Gasteiger partial charge in [-0.25, -0.2) is 0 Å². The second kappa shape index (κ2) is 10.7. The molecule has 0 saturated heterocycles. The highest BCUT2D eigenvalue weighted by Gasteiger charge is 2.14. The van der Waals surface area contributed by atoms with Crippen molar-refractivity contribution in [3.05, 3.63) is 29.8 Å². The van der Waals surface area contributed by atoms with Crippen LogP contribution in [-0.2, 0) is 23.8 Å². The van der Waals surface area contributed by atoms with E-state index in [4.69, 9.17) is 13.7 Å². The molecular weight excluding hydrogens is 304 g/mol. The monoisotopic (exact) mass is 330 g/mol. The Kier molecular flexibility index (Phi) is 9.31. The summed E-state index contributed by atoms with van der Waals surface area (Å²) in [4.78, 5) is 0.175. The maximum absolute atomic E-state index is 11.9. The molecule has 1 rings (SSSR count). The number of rotatable bonds is 12. The summed E-state index contributed by atoms with van der Waals surface area (Å²) in [6, 6.07) is 6.58. The summed E-state index contributed by atoms with van der Waals surface area (Å²) in [5, 5.41) is 0. The van der Waals surface area contributed by atoms with Crippen LogP contribution in [0.25, 0.3) is 0 Å². The Morgan fingerprint density at radius 2 is 1.50 bits per heavy atom. The quantitative estimate of drug-likeness (QED) is 0.435. The van der Waals surface area contributed by atoms with Gasteiger partial charge in [-0.1, -0.05) is 17.7 Å². The molecule has 0 bridgehead atoms. The first-order valence-corrected chi connectivity index (χ1v) is 9.08. The maximum atomic E-state index is 11.9. The summed E-state index contributed by atoms with van der Waals surface area (Å²) in [7, 11) is -3.68. The second-order valence-electron chi connectivity index (χ2n) is 4.96. The summed E-state index contributed by atoms with van der Waals surface area (Å²) >= 11 is 0. The summed E-state index contributed by atoms with van der Waals surface area (Å²) < 4.78 is 39.3. The van der Waals surface area contributed by atoms with Crippen LogP contribution in [0.3, 0.4) is 0 Å². The molecule has 0 N–H and O–H groups in total. The van der Waals surface area contributed by atoms with Gasteiger partial charge in [0.1, 0.15) is 0 Å². The van der Waals surface area contributed by atoms with Gasteiger partial charge in [0.15, 0.2) is 0 Å². The molecule has 0 saturated carbocycles. The van der Waals surface area contributed by atoms with E-state index in [1.165, 1.54) is 0 Å². The van der Waals surface area contributed by atoms with Crippen molar-refractivity contribution in [2.45, 2.75) is 38.0 Å². The van der Waals surface area contributed by atoms with Crippen LogP contribution in [-0.4, -0.2) is 41.5 Å². The fraction of sp³-hybridized carbons (Fsp3) is 0.625. The van der Waals surface area contributed by atoms with Crippen molar-refractivity contribution in [3.8, 4) is 0 Å². The number of hydrogen-bond acceptors (Lipinski definition) is 5. The first kappa shape index (κ1) is 19.1. The van der Waals surface area contributed by atoms with Crippen LogP contribution in [0.1, 0.15) is 31.7 Å². The molecule has 0 heterocycles. The lowest BCUT2D eigenvalue weighted by Crippen LogP contribution is -2.12. The van der Waals surface area contributed by atoms with Crippen LogP contribution in [0, 0.1) is 6.92 Å². The normalized spacial score (nSPS) is 11.7. The van der Waals surface area contributed by atoms with Crippen molar-refractivity contribution in [2.75, 3.05) is 33.0 Å². The van der Waals surface area contributed by atoms with Gasteiger partial charge in [0.2, 0.25) is 0 Å². The Morgan fingerprint density at radius 1 is 0.864 bits per heavy atom. The smallest absolute Gasteiger partial charge is 0.297 e. The fourth-order valence-electron chi connectivity index (χ4n) is 1.81. The molecule has 0 aliphatic heterocycles. The van der Waals surface area contributed by atoms with Gasteiger partial charge in [-0.15, -0.1) is 0 Å². The number of ether oxygens (including phenoxy) is 2. The summed E-state index contributed by atoms with van der Waals surface area (Å²) in [6.07, 6.45) is 3.01. The molecule has 6 heteroatoms. The third-order valence-corrected chi connectivity index (χ3v) is 4.38. The topological polar surface area (TPSA) is 61.8 Å². The van der Waals surface area contributed by atoms with E-state index in [1.807, 2.05) is 13.8 Å². The number of unbranched alkanes of at least 4 members (excludes halogenated alkanes) is 2. The van der Waals surface area contributed by atoms with Gasteiger partial charge in [-0.2, -0.15) is 8.42 Å². The molecule has 126 valence electrons. The summed E-state index contributed by atoms with van der Waals surface area (Å²) in [6.45, 7) is 6.34. The standard InChI is InChI=1S/C16H26O5S/c1-3-19-11-5-4-6-12-20-13-14-21-22(17,18)16-9-7-15(2)8-10-16/h7-10H,3-6,11-14H2,1-2H3. The van der Waals surface area contributed by atoms with Crippen LogP contribution < -0.4 is 0 Å². The van der Waals surface area contributed by atoms with Crippen molar-refractivity contribution < 1.29 is 22.1 Å². The van der Waals surface area contributed by atoms with Crippen LogP contribution >= 0.6 is 0 Å². The highest BCUT2D eigenvalue weighted by atomic mass is 32.2. The molecule has 0 aromatic heterocycles. The van der Waals surface area contributed by atoms with E-state index in [9.17, 15) is 8.42 Å². The number of benzene rings is 1. The van der Waals surface area contributed by atoms with E-state index in [1.54, 1.807) is 24.3 Å². The zero-order valence-electron chi connectivity index (χ0n) is 13.4. The van der Waals surface area contributed by atoms with Gasteiger partial charge in [-0.05, 0) is 45.2 Å². The minimum Gasteiger partial charge on any atom is -0.382 e. The van der Waals surface area contributed by atoms with E-state index in [-0.39, 0.29) is 18.1 Å². The van der Waals surface area contributed by atoms with Gasteiger partial charge in [0, 0.05) is 19.8 Å². The zero-order valence-corrected chi connectivity index (χ0v) is 14.2. The molecule has 1 aromatic rings. The first-order chi connectivity index (χ1) is 10.6. The van der Waals surface area contributed by atoms with Crippen molar-refractivity contribution in [1.29, 1.82) is 0 Å². The van der Waals surface area contributed by atoms with Gasteiger partial charge >= 0.3 is 0 Å². The van der Waals surface area contributed by atoms with E-state index < -0.39 is 10.1 Å². The zero-order chi connectivity index (χ0) is 16.3. The van der Waals surface area contributed by atoms with Gasteiger partial charge in [0.05, 0.1) is 18.1 Å². The second-order valence-corrected chi connectivity index (χ2v) is 6.57. The van der Waals surface area contributed by atoms with Crippen LogP contribution in [0.5, 0.6) is 0 Å². The van der Waals surface area contributed by atoms with Crippen molar-refractivity contribution >= 4 is 10.1 Å². The van der Waals surface area contributed by atoms with E-state index >= 15 is 0 Å². The predicted octanol–water partition coefficient (Wildman–Crippen LogP) is 2.92. The Bertz CT molecular complexity index is 496. The molecule has 0 unspecified atom stereocenters. The van der Waals surface area contributed by atoms with Crippen LogP contribution in [0.2, 0.25) is 0 Å². The Hall–Kier alpha value is -0.950. The lowest BCUT2D eigenvalue weighted by atomic mass is 10.2.